The van der Waals surface area contributed by atoms with E-state index in [1.54, 1.807) is 0 Å². The summed E-state index contributed by atoms with van der Waals surface area (Å²) < 4.78 is 37.3. The Labute approximate surface area is 218 Å². The predicted molar refractivity (Wildman–Crippen MR) is 145 cm³/mol. The Morgan fingerprint density at radius 3 is 1.62 bits per heavy atom. The van der Waals surface area contributed by atoms with Crippen molar-refractivity contribution in [1.82, 2.24) is 0 Å². The summed E-state index contributed by atoms with van der Waals surface area (Å²) in [6.45, 7) is 8.14. The molecule has 5 atom stereocenters. The summed E-state index contributed by atoms with van der Waals surface area (Å²) in [6, 6.07) is 31.5. The predicted octanol–water partition coefficient (Wildman–Crippen LogP) is 4.56. The lowest BCUT2D eigenvalue weighted by Crippen LogP contribution is -2.42. The standard InChI is InChI=1S/C30H34NO5P/c1-29(2)32-20-24(34-29)26-25(27-28(33-26)36-30(3,4)35-27)31-37(21-14-8-5-9-15-21,22-16-10-6-11-17-22)23-18-12-7-13-19-23/h5-19,24-28H,20H2,1-4H3/t24-,25+,26-,27-,28-/m1/s1. The van der Waals surface area contributed by atoms with Crippen molar-refractivity contribution in [1.29, 1.82) is 0 Å². The fourth-order valence-electron chi connectivity index (χ4n) is 5.61. The molecule has 0 aliphatic carbocycles. The molecule has 0 amide bonds. The van der Waals surface area contributed by atoms with Gasteiger partial charge in [0.1, 0.15) is 24.4 Å². The third kappa shape index (κ3) is 4.61. The molecule has 0 N–H and O–H groups in total. The fourth-order valence-corrected chi connectivity index (χ4v) is 9.38. The van der Waals surface area contributed by atoms with Gasteiger partial charge in [0, 0.05) is 15.9 Å². The molecule has 3 aliphatic heterocycles. The summed E-state index contributed by atoms with van der Waals surface area (Å²) in [6.07, 6.45) is -1.54. The van der Waals surface area contributed by atoms with E-state index in [1.807, 2.05) is 45.9 Å². The molecule has 0 unspecified atom stereocenters. The van der Waals surface area contributed by atoms with Crippen LogP contribution >= 0.6 is 7.05 Å². The molecule has 3 aliphatic rings. The lowest BCUT2D eigenvalue weighted by molar-refractivity contribution is -0.222. The third-order valence-corrected chi connectivity index (χ3v) is 10.9. The topological polar surface area (TPSA) is 58.5 Å². The Balaban J connectivity index is 1.59. The van der Waals surface area contributed by atoms with Gasteiger partial charge in [-0.25, -0.2) is 0 Å². The average molecular weight is 520 g/mol. The zero-order valence-corrected chi connectivity index (χ0v) is 22.6. The van der Waals surface area contributed by atoms with Gasteiger partial charge in [0.25, 0.3) is 0 Å². The van der Waals surface area contributed by atoms with Gasteiger partial charge in [-0.3, -0.25) is 4.74 Å². The van der Waals surface area contributed by atoms with Crippen molar-refractivity contribution in [3.05, 3.63) is 91.0 Å². The van der Waals surface area contributed by atoms with Gasteiger partial charge in [0.2, 0.25) is 0 Å². The van der Waals surface area contributed by atoms with Gasteiger partial charge in [0.05, 0.1) is 13.7 Å². The second-order valence-electron chi connectivity index (χ2n) is 10.7. The van der Waals surface area contributed by atoms with Crippen LogP contribution in [0.5, 0.6) is 0 Å². The van der Waals surface area contributed by atoms with Crippen LogP contribution in [0.3, 0.4) is 0 Å². The second-order valence-corrected chi connectivity index (χ2v) is 13.7. The zero-order valence-electron chi connectivity index (χ0n) is 21.7. The van der Waals surface area contributed by atoms with Crippen molar-refractivity contribution in [2.24, 2.45) is 4.74 Å². The molecule has 0 radical (unpaired) electrons. The minimum Gasteiger partial charge on any atom is -0.348 e. The van der Waals surface area contributed by atoms with Gasteiger partial charge in [-0.1, -0.05) is 91.0 Å². The van der Waals surface area contributed by atoms with Gasteiger partial charge >= 0.3 is 0 Å². The maximum Gasteiger partial charge on any atom is 0.189 e. The summed E-state index contributed by atoms with van der Waals surface area (Å²) in [5.74, 6) is -1.44. The van der Waals surface area contributed by atoms with E-state index in [2.05, 4.69) is 72.8 Å². The Morgan fingerprint density at radius 2 is 1.16 bits per heavy atom. The first-order valence-electron chi connectivity index (χ1n) is 12.9. The van der Waals surface area contributed by atoms with Gasteiger partial charge < -0.3 is 23.7 Å². The minimum absolute atomic E-state index is 0.283. The van der Waals surface area contributed by atoms with Crippen molar-refractivity contribution in [3.8, 4) is 0 Å². The van der Waals surface area contributed by atoms with Crippen molar-refractivity contribution in [3.63, 3.8) is 0 Å². The normalized spacial score (nSPS) is 30.2. The first kappa shape index (κ1) is 25.0. The Kier molecular flexibility index (Phi) is 6.39. The monoisotopic (exact) mass is 519 g/mol. The number of benzene rings is 3. The van der Waals surface area contributed by atoms with Crippen LogP contribution in [0.15, 0.2) is 95.7 Å². The van der Waals surface area contributed by atoms with Gasteiger partial charge in [-0.15, -0.1) is 0 Å². The molecule has 0 spiro atoms. The molecule has 0 saturated carbocycles. The zero-order chi connectivity index (χ0) is 25.7. The molecule has 3 aromatic rings. The molecule has 3 fully saturated rings. The number of rotatable bonds is 5. The lowest BCUT2D eigenvalue weighted by Gasteiger charge is -2.32. The van der Waals surface area contributed by atoms with E-state index in [0.29, 0.717) is 6.61 Å². The molecule has 6 rings (SSSR count). The molecule has 194 valence electrons. The van der Waals surface area contributed by atoms with E-state index in [0.717, 1.165) is 0 Å². The first-order valence-corrected chi connectivity index (χ1v) is 14.6. The number of ether oxygens (including phenoxy) is 5. The quantitative estimate of drug-likeness (QED) is 0.463. The van der Waals surface area contributed by atoms with Crippen LogP contribution in [0.1, 0.15) is 27.7 Å². The van der Waals surface area contributed by atoms with E-state index in [4.69, 9.17) is 28.4 Å². The molecule has 37 heavy (non-hydrogen) atoms. The van der Waals surface area contributed by atoms with Crippen LogP contribution in [0.2, 0.25) is 0 Å². The number of hydrogen-bond acceptors (Lipinski definition) is 6. The van der Waals surface area contributed by atoms with E-state index < -0.39 is 24.9 Å². The fraction of sp³-hybridized carbons (Fsp3) is 0.400. The van der Waals surface area contributed by atoms with Crippen LogP contribution in [-0.2, 0) is 23.7 Å². The molecular formula is C30H34NO5P. The highest BCUT2D eigenvalue weighted by Crippen LogP contribution is 2.51. The smallest absolute Gasteiger partial charge is 0.189 e. The Morgan fingerprint density at radius 1 is 0.649 bits per heavy atom. The summed E-state index contributed by atoms with van der Waals surface area (Å²) in [7, 11) is -2.49. The van der Waals surface area contributed by atoms with E-state index in [-0.39, 0.29) is 24.4 Å². The van der Waals surface area contributed by atoms with Crippen molar-refractivity contribution < 1.29 is 23.7 Å². The van der Waals surface area contributed by atoms with Crippen LogP contribution in [0, 0.1) is 0 Å². The van der Waals surface area contributed by atoms with Crippen LogP contribution in [0.4, 0.5) is 0 Å². The van der Waals surface area contributed by atoms with Gasteiger partial charge in [-0.2, -0.15) is 0 Å². The molecule has 6 nitrogen and oxygen atoms in total. The SMILES string of the molecule is CC1(C)O[C@H]2O[C@H]([C@H]3COC(C)(C)O3)[C@H](N=P(c3ccccc3)(c3ccccc3)c3ccccc3)[C@H]2O1. The first-order chi connectivity index (χ1) is 17.8. The Hall–Kier alpha value is -2.31. The van der Waals surface area contributed by atoms with Crippen LogP contribution < -0.4 is 15.9 Å². The molecule has 3 aromatic carbocycles. The highest BCUT2D eigenvalue weighted by Gasteiger charge is 2.59. The highest BCUT2D eigenvalue weighted by atomic mass is 31.2. The van der Waals surface area contributed by atoms with Gasteiger partial charge in [0.15, 0.2) is 17.9 Å². The molecular weight excluding hydrogens is 485 g/mol. The highest BCUT2D eigenvalue weighted by molar-refractivity contribution is 7.87. The number of fused-ring (bicyclic) bond motifs is 1. The number of nitrogens with zero attached hydrogens (tertiary/aromatic N) is 1. The minimum atomic E-state index is -2.49. The van der Waals surface area contributed by atoms with E-state index in [1.165, 1.54) is 15.9 Å². The third-order valence-electron chi connectivity index (χ3n) is 7.15. The van der Waals surface area contributed by atoms with Crippen molar-refractivity contribution in [2.75, 3.05) is 6.61 Å². The number of hydrogen-bond donors (Lipinski definition) is 0. The molecule has 0 aromatic heterocycles. The maximum absolute atomic E-state index is 6.54. The van der Waals surface area contributed by atoms with Crippen molar-refractivity contribution in [2.45, 2.75) is 69.9 Å². The summed E-state index contributed by atoms with van der Waals surface area (Å²) in [5, 5.41) is 3.53. The maximum atomic E-state index is 6.54. The van der Waals surface area contributed by atoms with E-state index in [9.17, 15) is 0 Å². The largest absolute Gasteiger partial charge is 0.348 e. The summed E-state index contributed by atoms with van der Waals surface area (Å²) in [5.41, 5.74) is 0. The van der Waals surface area contributed by atoms with Gasteiger partial charge in [-0.05, 0) is 27.7 Å². The lowest BCUT2D eigenvalue weighted by atomic mass is 10.0. The Bertz CT molecular complexity index is 1180. The van der Waals surface area contributed by atoms with Crippen LogP contribution in [0.25, 0.3) is 0 Å². The molecule has 0 bridgehead atoms. The molecule has 3 heterocycles. The molecule has 7 heteroatoms. The second kappa shape index (κ2) is 9.46. The summed E-state index contributed by atoms with van der Waals surface area (Å²) in [4.78, 5) is 0. The van der Waals surface area contributed by atoms with Crippen LogP contribution in [-0.4, -0.2) is 48.8 Å². The average Bonchev–Trinajstić information content (AvgIpc) is 3.52. The van der Waals surface area contributed by atoms with Crippen molar-refractivity contribution >= 4 is 23.0 Å². The molecule has 3 saturated heterocycles. The summed E-state index contributed by atoms with van der Waals surface area (Å²) >= 11 is 0. The van der Waals surface area contributed by atoms with E-state index >= 15 is 0 Å².